The first kappa shape index (κ1) is 11.7. The molecule has 17 heavy (non-hydrogen) atoms. The molecule has 0 aromatic heterocycles. The highest BCUT2D eigenvalue weighted by molar-refractivity contribution is 6.13. The second-order valence-electron chi connectivity index (χ2n) is 3.91. The number of halogens is 1. The number of carbonyl (C=O) groups excluding carboxylic acids is 1. The number of anilines is 1. The molecule has 90 valence electrons. The average molecular weight is 236 g/mol. The van der Waals surface area contributed by atoms with Gasteiger partial charge in [0.05, 0.1) is 24.4 Å². The largest absolute Gasteiger partial charge is 0.379 e. The third-order valence-corrected chi connectivity index (χ3v) is 2.53. The molecule has 0 aliphatic carbocycles. The molecular weight excluding hydrogens is 223 g/mol. The lowest BCUT2D eigenvalue weighted by Gasteiger charge is -2.14. The molecule has 0 atom stereocenters. The van der Waals surface area contributed by atoms with Crippen LogP contribution in [-0.2, 0) is 9.53 Å². The third-order valence-electron chi connectivity index (χ3n) is 2.53. The van der Waals surface area contributed by atoms with Gasteiger partial charge in [-0.05, 0) is 30.7 Å². The molecule has 0 saturated heterocycles. The second kappa shape index (κ2) is 4.63. The summed E-state index contributed by atoms with van der Waals surface area (Å²) in [6.07, 6.45) is 0.255. The van der Waals surface area contributed by atoms with Crippen molar-refractivity contribution in [3.05, 3.63) is 29.6 Å². The van der Waals surface area contributed by atoms with Gasteiger partial charge in [-0.25, -0.2) is 9.40 Å². The minimum Gasteiger partial charge on any atom is -0.379 e. The van der Waals surface area contributed by atoms with Crippen LogP contribution in [0, 0.1) is 12.7 Å². The number of nitrogens with zero attached hydrogens (tertiary/aromatic N) is 2. The summed E-state index contributed by atoms with van der Waals surface area (Å²) in [5.74, 6) is -0.439. The van der Waals surface area contributed by atoms with Crippen LogP contribution in [0.5, 0.6) is 0 Å². The van der Waals surface area contributed by atoms with Crippen molar-refractivity contribution >= 4 is 17.3 Å². The van der Waals surface area contributed by atoms with Gasteiger partial charge in [0.15, 0.2) is 0 Å². The van der Waals surface area contributed by atoms with Crippen molar-refractivity contribution in [3.63, 3.8) is 0 Å². The highest BCUT2D eigenvalue weighted by Crippen LogP contribution is 2.25. The zero-order chi connectivity index (χ0) is 12.4. The molecule has 1 heterocycles. The molecule has 4 nitrogen and oxygen atoms in total. The van der Waals surface area contributed by atoms with Gasteiger partial charge in [0.25, 0.3) is 5.91 Å². The van der Waals surface area contributed by atoms with Crippen LogP contribution in [0.2, 0.25) is 0 Å². The molecule has 0 radical (unpaired) electrons. The van der Waals surface area contributed by atoms with Crippen LogP contribution < -0.4 is 5.01 Å². The maximum absolute atomic E-state index is 13.0. The van der Waals surface area contributed by atoms with Crippen LogP contribution >= 0.6 is 0 Å². The van der Waals surface area contributed by atoms with Crippen LogP contribution in [0.15, 0.2) is 23.3 Å². The number of carbonyl (C=O) groups is 1. The van der Waals surface area contributed by atoms with Crippen molar-refractivity contribution in [3.8, 4) is 0 Å². The van der Waals surface area contributed by atoms with Gasteiger partial charge >= 0.3 is 0 Å². The first-order valence-corrected chi connectivity index (χ1v) is 5.26. The smallest absolute Gasteiger partial charge is 0.253 e. The Morgan fingerprint density at radius 3 is 2.94 bits per heavy atom. The molecule has 5 heteroatoms. The summed E-state index contributed by atoms with van der Waals surface area (Å²) < 4.78 is 17.9. The van der Waals surface area contributed by atoms with Crippen molar-refractivity contribution in [2.45, 2.75) is 13.3 Å². The fourth-order valence-corrected chi connectivity index (χ4v) is 1.77. The molecule has 1 aromatic rings. The molecule has 0 bridgehead atoms. The Kier molecular flexibility index (Phi) is 3.19. The van der Waals surface area contributed by atoms with E-state index in [2.05, 4.69) is 5.10 Å². The van der Waals surface area contributed by atoms with E-state index in [1.54, 1.807) is 20.1 Å². The molecule has 1 aromatic carbocycles. The van der Waals surface area contributed by atoms with Gasteiger partial charge in [-0.3, -0.25) is 4.79 Å². The normalized spacial score (nSPS) is 15.4. The molecule has 1 amide bonds. The highest BCUT2D eigenvalue weighted by Gasteiger charge is 2.26. The maximum atomic E-state index is 13.0. The predicted molar refractivity (Wildman–Crippen MR) is 62.6 cm³/mol. The van der Waals surface area contributed by atoms with Crippen molar-refractivity contribution in [1.82, 2.24) is 0 Å². The SMILES string of the molecule is COCC1=NN(c2ccc(F)cc2C)C(=O)C1. The minimum absolute atomic E-state index is 0.119. The molecule has 0 spiro atoms. The molecule has 0 saturated carbocycles. The number of amides is 1. The number of hydrogen-bond acceptors (Lipinski definition) is 3. The fourth-order valence-electron chi connectivity index (χ4n) is 1.77. The van der Waals surface area contributed by atoms with E-state index < -0.39 is 0 Å². The van der Waals surface area contributed by atoms with Gasteiger partial charge in [0.2, 0.25) is 0 Å². The molecule has 1 aliphatic rings. The van der Waals surface area contributed by atoms with Crippen molar-refractivity contribution in [1.29, 1.82) is 0 Å². The topological polar surface area (TPSA) is 41.9 Å². The van der Waals surface area contributed by atoms with Gasteiger partial charge in [0.1, 0.15) is 5.82 Å². The summed E-state index contributed by atoms with van der Waals surface area (Å²) in [5.41, 5.74) is 1.98. The standard InChI is InChI=1S/C12H13FN2O2/c1-8-5-9(13)3-4-11(8)15-12(16)6-10(14-15)7-17-2/h3-5H,6-7H2,1-2H3. The Labute approximate surface area is 98.7 Å². The Hall–Kier alpha value is -1.75. The van der Waals surface area contributed by atoms with E-state index in [0.717, 1.165) is 0 Å². The third kappa shape index (κ3) is 2.34. The molecule has 0 N–H and O–H groups in total. The molecular formula is C12H13FN2O2. The van der Waals surface area contributed by atoms with Crippen molar-refractivity contribution in [2.24, 2.45) is 5.10 Å². The summed E-state index contributed by atoms with van der Waals surface area (Å²) in [6, 6.07) is 4.26. The van der Waals surface area contributed by atoms with E-state index in [-0.39, 0.29) is 18.1 Å². The minimum atomic E-state index is -0.320. The first-order valence-electron chi connectivity index (χ1n) is 5.26. The van der Waals surface area contributed by atoms with Gasteiger partial charge in [0, 0.05) is 7.11 Å². The lowest BCUT2D eigenvalue weighted by Crippen LogP contribution is -2.20. The first-order chi connectivity index (χ1) is 8.11. The highest BCUT2D eigenvalue weighted by atomic mass is 19.1. The van der Waals surface area contributed by atoms with Gasteiger partial charge in [-0.1, -0.05) is 0 Å². The number of rotatable bonds is 3. The van der Waals surface area contributed by atoms with Crippen LogP contribution in [0.4, 0.5) is 10.1 Å². The number of aryl methyl sites for hydroxylation is 1. The number of benzene rings is 1. The second-order valence-corrected chi connectivity index (χ2v) is 3.91. The summed E-state index contributed by atoms with van der Waals surface area (Å²) in [7, 11) is 1.55. The average Bonchev–Trinajstić information content (AvgIpc) is 2.60. The van der Waals surface area contributed by atoms with Crippen LogP contribution in [0.3, 0.4) is 0 Å². The summed E-state index contributed by atoms with van der Waals surface area (Å²) in [6.45, 7) is 2.08. The monoisotopic (exact) mass is 236 g/mol. The summed E-state index contributed by atoms with van der Waals surface area (Å²) in [4.78, 5) is 11.8. The van der Waals surface area contributed by atoms with Crippen LogP contribution in [0.1, 0.15) is 12.0 Å². The quantitative estimate of drug-likeness (QED) is 0.804. The lowest BCUT2D eigenvalue weighted by molar-refractivity contribution is -0.116. The fraction of sp³-hybridized carbons (Fsp3) is 0.333. The maximum Gasteiger partial charge on any atom is 0.253 e. The van der Waals surface area contributed by atoms with E-state index in [1.807, 2.05) is 0 Å². The number of hydrazone groups is 1. The Morgan fingerprint density at radius 1 is 1.53 bits per heavy atom. The predicted octanol–water partition coefficient (Wildman–Crippen LogP) is 1.87. The Balaban J connectivity index is 2.30. The number of methoxy groups -OCH3 is 1. The molecule has 1 aliphatic heterocycles. The lowest BCUT2D eigenvalue weighted by atomic mass is 10.2. The van der Waals surface area contributed by atoms with Crippen LogP contribution in [-0.4, -0.2) is 25.3 Å². The van der Waals surface area contributed by atoms with Gasteiger partial charge in [-0.2, -0.15) is 5.10 Å². The Bertz CT molecular complexity index is 485. The van der Waals surface area contributed by atoms with E-state index in [4.69, 9.17) is 4.74 Å². The van der Waals surface area contributed by atoms with Gasteiger partial charge in [-0.15, -0.1) is 0 Å². The Morgan fingerprint density at radius 2 is 2.29 bits per heavy atom. The summed E-state index contributed by atoms with van der Waals surface area (Å²) in [5, 5.41) is 5.48. The number of hydrogen-bond donors (Lipinski definition) is 0. The van der Waals surface area contributed by atoms with E-state index in [9.17, 15) is 9.18 Å². The van der Waals surface area contributed by atoms with E-state index >= 15 is 0 Å². The van der Waals surface area contributed by atoms with Crippen molar-refractivity contribution in [2.75, 3.05) is 18.7 Å². The molecule has 2 rings (SSSR count). The van der Waals surface area contributed by atoms with Crippen molar-refractivity contribution < 1.29 is 13.9 Å². The zero-order valence-corrected chi connectivity index (χ0v) is 9.74. The van der Waals surface area contributed by atoms with E-state index in [0.29, 0.717) is 23.6 Å². The molecule has 0 fully saturated rings. The van der Waals surface area contributed by atoms with Gasteiger partial charge < -0.3 is 4.74 Å². The van der Waals surface area contributed by atoms with E-state index in [1.165, 1.54) is 17.1 Å². The zero-order valence-electron chi connectivity index (χ0n) is 9.74. The number of ether oxygens (including phenoxy) is 1. The molecule has 0 unspecified atom stereocenters. The van der Waals surface area contributed by atoms with Crippen LogP contribution in [0.25, 0.3) is 0 Å². The summed E-state index contributed by atoms with van der Waals surface area (Å²) >= 11 is 0.